The zero-order valence-electron chi connectivity index (χ0n) is 10.7. The Kier molecular flexibility index (Phi) is 5.78. The fourth-order valence-electron chi connectivity index (χ4n) is 1.63. The number of halogens is 2. The van der Waals surface area contributed by atoms with Crippen LogP contribution in [-0.2, 0) is 4.74 Å². The summed E-state index contributed by atoms with van der Waals surface area (Å²) in [5.74, 6) is 0.824. The van der Waals surface area contributed by atoms with Crippen LogP contribution in [-0.4, -0.2) is 18.1 Å². The number of benzene rings is 1. The first kappa shape index (κ1) is 14.8. The van der Waals surface area contributed by atoms with E-state index in [0.717, 1.165) is 17.0 Å². The minimum Gasteiger partial charge on any atom is -0.376 e. The zero-order valence-corrected chi connectivity index (χ0v) is 12.2. The molecule has 1 aromatic carbocycles. The highest BCUT2D eigenvalue weighted by molar-refractivity contribution is 6.31. The van der Waals surface area contributed by atoms with E-state index >= 15 is 0 Å². The third kappa shape index (κ3) is 5.29. The molecule has 1 aromatic rings. The van der Waals surface area contributed by atoms with E-state index in [2.05, 4.69) is 20.8 Å². The van der Waals surface area contributed by atoms with Gasteiger partial charge in [0, 0.05) is 23.4 Å². The van der Waals surface area contributed by atoms with E-state index in [1.54, 1.807) is 0 Å². The van der Waals surface area contributed by atoms with Crippen LogP contribution in [0.25, 0.3) is 0 Å². The SMILES string of the molecule is CC(C)(C)OCCC(CCl)c1ccccc1Cl. The van der Waals surface area contributed by atoms with Gasteiger partial charge in [0.25, 0.3) is 0 Å². The number of rotatable bonds is 5. The van der Waals surface area contributed by atoms with Crippen LogP contribution in [0.2, 0.25) is 5.02 Å². The second kappa shape index (κ2) is 6.63. The van der Waals surface area contributed by atoms with E-state index in [1.165, 1.54) is 0 Å². The molecule has 1 rings (SSSR count). The van der Waals surface area contributed by atoms with Crippen molar-refractivity contribution in [1.29, 1.82) is 0 Å². The number of hydrogen-bond acceptors (Lipinski definition) is 1. The van der Waals surface area contributed by atoms with Crippen LogP contribution in [0.5, 0.6) is 0 Å². The smallest absolute Gasteiger partial charge is 0.0598 e. The van der Waals surface area contributed by atoms with E-state index in [9.17, 15) is 0 Å². The molecule has 17 heavy (non-hydrogen) atoms. The topological polar surface area (TPSA) is 9.23 Å². The summed E-state index contributed by atoms with van der Waals surface area (Å²) >= 11 is 12.2. The van der Waals surface area contributed by atoms with Crippen LogP contribution in [0.4, 0.5) is 0 Å². The molecule has 0 bridgehead atoms. The van der Waals surface area contributed by atoms with Gasteiger partial charge < -0.3 is 4.74 Å². The van der Waals surface area contributed by atoms with Gasteiger partial charge in [-0.3, -0.25) is 0 Å². The van der Waals surface area contributed by atoms with Crippen molar-refractivity contribution in [2.75, 3.05) is 12.5 Å². The van der Waals surface area contributed by atoms with Crippen LogP contribution in [0.3, 0.4) is 0 Å². The maximum atomic E-state index is 6.17. The lowest BCUT2D eigenvalue weighted by atomic mass is 9.98. The molecule has 0 saturated carbocycles. The van der Waals surface area contributed by atoms with Crippen molar-refractivity contribution in [2.24, 2.45) is 0 Å². The summed E-state index contributed by atoms with van der Waals surface area (Å²) in [7, 11) is 0. The number of hydrogen-bond donors (Lipinski definition) is 0. The monoisotopic (exact) mass is 274 g/mol. The molecule has 0 N–H and O–H groups in total. The normalized spacial score (nSPS) is 13.7. The van der Waals surface area contributed by atoms with Gasteiger partial charge in [0.1, 0.15) is 0 Å². The van der Waals surface area contributed by atoms with Crippen molar-refractivity contribution < 1.29 is 4.74 Å². The third-order valence-corrected chi connectivity index (χ3v) is 3.25. The highest BCUT2D eigenvalue weighted by Crippen LogP contribution is 2.28. The van der Waals surface area contributed by atoms with Crippen LogP contribution in [0.1, 0.15) is 38.7 Å². The molecule has 0 heterocycles. The van der Waals surface area contributed by atoms with Crippen molar-refractivity contribution in [1.82, 2.24) is 0 Å². The average Bonchev–Trinajstić information content (AvgIpc) is 2.24. The zero-order chi connectivity index (χ0) is 12.9. The third-order valence-electron chi connectivity index (χ3n) is 2.53. The lowest BCUT2D eigenvalue weighted by Crippen LogP contribution is -2.21. The molecule has 0 fully saturated rings. The fourth-order valence-corrected chi connectivity index (χ4v) is 2.24. The van der Waals surface area contributed by atoms with Crippen LogP contribution < -0.4 is 0 Å². The first-order valence-corrected chi connectivity index (χ1v) is 6.79. The summed E-state index contributed by atoms with van der Waals surface area (Å²) in [6.07, 6.45) is 0.893. The highest BCUT2D eigenvalue weighted by Gasteiger charge is 2.16. The Labute approximate surface area is 114 Å². The Morgan fingerprint density at radius 1 is 1.24 bits per heavy atom. The van der Waals surface area contributed by atoms with Gasteiger partial charge in [0.2, 0.25) is 0 Å². The molecular formula is C14H20Cl2O. The van der Waals surface area contributed by atoms with E-state index in [-0.39, 0.29) is 11.5 Å². The van der Waals surface area contributed by atoms with Gasteiger partial charge in [0.05, 0.1) is 5.60 Å². The number of ether oxygens (including phenoxy) is 1. The van der Waals surface area contributed by atoms with Gasteiger partial charge in [-0.1, -0.05) is 29.8 Å². The molecular weight excluding hydrogens is 255 g/mol. The van der Waals surface area contributed by atoms with E-state index < -0.39 is 0 Å². The maximum Gasteiger partial charge on any atom is 0.0598 e. The Morgan fingerprint density at radius 3 is 2.41 bits per heavy atom. The maximum absolute atomic E-state index is 6.17. The molecule has 1 unspecified atom stereocenters. The average molecular weight is 275 g/mol. The van der Waals surface area contributed by atoms with Crippen LogP contribution in [0, 0.1) is 0 Å². The second-order valence-corrected chi connectivity index (χ2v) is 5.84. The fraction of sp³-hybridized carbons (Fsp3) is 0.571. The molecule has 96 valence electrons. The quantitative estimate of drug-likeness (QED) is 0.697. The predicted octanol–water partition coefficient (Wildman–Crippen LogP) is 4.87. The molecule has 0 saturated heterocycles. The minimum absolute atomic E-state index is 0.0999. The summed E-state index contributed by atoms with van der Waals surface area (Å²) in [4.78, 5) is 0. The van der Waals surface area contributed by atoms with Crippen molar-refractivity contribution in [3.05, 3.63) is 34.9 Å². The Balaban J connectivity index is 2.58. The lowest BCUT2D eigenvalue weighted by Gasteiger charge is -2.22. The van der Waals surface area contributed by atoms with Gasteiger partial charge in [-0.15, -0.1) is 11.6 Å². The largest absolute Gasteiger partial charge is 0.376 e. The van der Waals surface area contributed by atoms with Crippen molar-refractivity contribution in [2.45, 2.75) is 38.7 Å². The Morgan fingerprint density at radius 2 is 1.88 bits per heavy atom. The van der Waals surface area contributed by atoms with Crippen LogP contribution in [0.15, 0.2) is 24.3 Å². The molecule has 0 aliphatic rings. The molecule has 0 radical (unpaired) electrons. The van der Waals surface area contributed by atoms with E-state index in [1.807, 2.05) is 24.3 Å². The summed E-state index contributed by atoms with van der Waals surface area (Å²) < 4.78 is 5.72. The molecule has 1 nitrogen and oxygen atoms in total. The minimum atomic E-state index is -0.0999. The van der Waals surface area contributed by atoms with Gasteiger partial charge in [0.15, 0.2) is 0 Å². The molecule has 0 aromatic heterocycles. The number of alkyl halides is 1. The highest BCUT2D eigenvalue weighted by atomic mass is 35.5. The first-order chi connectivity index (χ1) is 7.94. The molecule has 0 amide bonds. The van der Waals surface area contributed by atoms with Crippen molar-refractivity contribution in [3.63, 3.8) is 0 Å². The Hall–Kier alpha value is -0.240. The molecule has 1 atom stereocenters. The summed E-state index contributed by atoms with van der Waals surface area (Å²) in [6, 6.07) is 7.86. The van der Waals surface area contributed by atoms with Gasteiger partial charge in [-0.2, -0.15) is 0 Å². The molecule has 0 spiro atoms. The second-order valence-electron chi connectivity index (χ2n) is 5.12. The summed E-state index contributed by atoms with van der Waals surface area (Å²) in [5, 5.41) is 0.786. The van der Waals surface area contributed by atoms with Gasteiger partial charge in [-0.25, -0.2) is 0 Å². The molecule has 0 aliphatic carbocycles. The van der Waals surface area contributed by atoms with E-state index in [4.69, 9.17) is 27.9 Å². The molecule has 3 heteroatoms. The summed E-state index contributed by atoms with van der Waals surface area (Å²) in [5.41, 5.74) is 1.01. The lowest BCUT2D eigenvalue weighted by molar-refractivity contribution is -0.00565. The Bertz CT molecular complexity index is 344. The van der Waals surface area contributed by atoms with Crippen molar-refractivity contribution in [3.8, 4) is 0 Å². The summed E-state index contributed by atoms with van der Waals surface area (Å²) in [6.45, 7) is 6.86. The van der Waals surface area contributed by atoms with Crippen molar-refractivity contribution >= 4 is 23.2 Å². The van der Waals surface area contributed by atoms with E-state index in [0.29, 0.717) is 12.5 Å². The predicted molar refractivity (Wildman–Crippen MR) is 75.2 cm³/mol. The van der Waals surface area contributed by atoms with Gasteiger partial charge >= 0.3 is 0 Å². The molecule has 0 aliphatic heterocycles. The van der Waals surface area contributed by atoms with Crippen LogP contribution >= 0.6 is 23.2 Å². The standard InChI is InChI=1S/C14H20Cl2O/c1-14(2,3)17-9-8-11(10-15)12-6-4-5-7-13(12)16/h4-7,11H,8-10H2,1-3H3. The van der Waals surface area contributed by atoms with Gasteiger partial charge in [-0.05, 0) is 38.8 Å². The first-order valence-electron chi connectivity index (χ1n) is 5.88.